The molecule has 0 saturated carbocycles. The van der Waals surface area contributed by atoms with Crippen molar-refractivity contribution < 1.29 is 18.7 Å². The number of nitrogens with one attached hydrogen (secondary N) is 1. The molecule has 10 heteroatoms. The zero-order valence-corrected chi connectivity index (χ0v) is 13.5. The van der Waals surface area contributed by atoms with Crippen molar-refractivity contribution >= 4 is 52.4 Å². The third-order valence-corrected chi connectivity index (χ3v) is 4.13. The van der Waals surface area contributed by atoms with Crippen LogP contribution in [0, 0.1) is 5.82 Å². The third-order valence-electron chi connectivity index (χ3n) is 3.44. The van der Waals surface area contributed by atoms with Crippen molar-refractivity contribution in [3.05, 3.63) is 16.9 Å². The maximum absolute atomic E-state index is 14.5. The second-order valence-electron chi connectivity index (χ2n) is 4.72. The van der Waals surface area contributed by atoms with E-state index >= 15 is 0 Å². The maximum atomic E-state index is 14.5. The van der Waals surface area contributed by atoms with E-state index in [1.807, 2.05) is 0 Å². The van der Waals surface area contributed by atoms with Gasteiger partial charge in [-0.2, -0.15) is 0 Å². The van der Waals surface area contributed by atoms with Crippen LogP contribution in [0.3, 0.4) is 0 Å². The van der Waals surface area contributed by atoms with Crippen LogP contribution in [-0.2, 0) is 0 Å². The van der Waals surface area contributed by atoms with Crippen LogP contribution in [0.5, 0.6) is 5.75 Å². The standard InChI is InChI=1S/C12H12ClFN4O3S/c1-17-10(22)16-11(19)18(2,12(17)20)8-6(14)4-5(13)7(15)9(8)21-3/h4H,15H2,1-3H3/p+1. The van der Waals surface area contributed by atoms with Crippen LogP contribution in [0.1, 0.15) is 0 Å². The van der Waals surface area contributed by atoms with E-state index in [0.717, 1.165) is 11.0 Å². The second kappa shape index (κ2) is 5.34. The van der Waals surface area contributed by atoms with Gasteiger partial charge in [0.1, 0.15) is 0 Å². The van der Waals surface area contributed by atoms with Gasteiger partial charge in [0, 0.05) is 13.1 Å². The molecular weight excluding hydrogens is 335 g/mol. The molecule has 0 bridgehead atoms. The number of rotatable bonds is 2. The number of carbonyl (C=O) groups excluding carboxylic acids is 2. The Kier molecular flexibility index (Phi) is 3.98. The molecule has 22 heavy (non-hydrogen) atoms. The molecule has 1 saturated heterocycles. The van der Waals surface area contributed by atoms with Crippen molar-refractivity contribution in [1.29, 1.82) is 0 Å². The second-order valence-corrected chi connectivity index (χ2v) is 5.51. The lowest BCUT2D eigenvalue weighted by atomic mass is 10.2. The summed E-state index contributed by atoms with van der Waals surface area (Å²) in [6.07, 6.45) is 0. The molecule has 1 aromatic carbocycles. The fourth-order valence-electron chi connectivity index (χ4n) is 2.18. The lowest BCUT2D eigenvalue weighted by molar-refractivity contribution is 0.176. The molecule has 1 atom stereocenters. The van der Waals surface area contributed by atoms with E-state index < -0.39 is 22.4 Å². The predicted molar refractivity (Wildman–Crippen MR) is 84.4 cm³/mol. The SMILES string of the molecule is COc1c(N)c(Cl)cc(F)c1[N+]1(C)C(=O)NC(=S)N(C)C1=O. The number of benzene rings is 1. The molecule has 0 spiro atoms. The average molecular weight is 348 g/mol. The van der Waals surface area contributed by atoms with Crippen molar-refractivity contribution in [2.45, 2.75) is 0 Å². The number of nitrogen functional groups attached to an aromatic ring is 1. The molecule has 1 aliphatic heterocycles. The van der Waals surface area contributed by atoms with Gasteiger partial charge in [-0.1, -0.05) is 11.6 Å². The quantitative estimate of drug-likeness (QED) is 0.486. The number of amides is 4. The Morgan fingerprint density at radius 3 is 2.64 bits per heavy atom. The number of ether oxygens (including phenoxy) is 1. The topological polar surface area (TPSA) is 84.7 Å². The molecular formula is C12H13ClFN4O3S+. The number of carbonyl (C=O) groups is 2. The summed E-state index contributed by atoms with van der Waals surface area (Å²) in [6, 6.07) is -0.661. The number of hydrogen-bond donors (Lipinski definition) is 2. The summed E-state index contributed by atoms with van der Waals surface area (Å²) in [4.78, 5) is 25.9. The fourth-order valence-corrected chi connectivity index (χ4v) is 2.53. The number of anilines is 1. The zero-order chi connectivity index (χ0) is 16.8. The van der Waals surface area contributed by atoms with Crippen LogP contribution < -0.4 is 20.3 Å². The number of methoxy groups -OCH3 is 1. The number of urea groups is 2. The molecule has 118 valence electrons. The highest BCUT2D eigenvalue weighted by Gasteiger charge is 2.54. The van der Waals surface area contributed by atoms with Crippen LogP contribution >= 0.6 is 23.8 Å². The first-order valence-electron chi connectivity index (χ1n) is 5.98. The number of quaternary nitrogens is 1. The third kappa shape index (κ3) is 2.09. The van der Waals surface area contributed by atoms with Crippen molar-refractivity contribution in [3.8, 4) is 5.75 Å². The Balaban J connectivity index is 2.79. The molecule has 1 fully saturated rings. The number of imide groups is 1. The van der Waals surface area contributed by atoms with Crippen LogP contribution in [-0.4, -0.2) is 43.3 Å². The lowest BCUT2D eigenvalue weighted by Gasteiger charge is -2.36. The summed E-state index contributed by atoms with van der Waals surface area (Å²) < 4.78 is 18.4. The Labute approximate surface area is 135 Å². The van der Waals surface area contributed by atoms with Gasteiger partial charge >= 0.3 is 12.1 Å². The average Bonchev–Trinajstić information content (AvgIpc) is 2.46. The summed E-state index contributed by atoms with van der Waals surface area (Å²) >= 11 is 10.7. The van der Waals surface area contributed by atoms with E-state index in [0.29, 0.717) is 0 Å². The number of hydrogen-bond acceptors (Lipinski definition) is 5. The minimum Gasteiger partial charge on any atom is -0.489 e. The molecule has 1 aromatic rings. The molecule has 1 unspecified atom stereocenters. The van der Waals surface area contributed by atoms with Crippen molar-refractivity contribution in [2.75, 3.05) is 26.9 Å². The smallest absolute Gasteiger partial charge is 0.439 e. The highest BCUT2D eigenvalue weighted by atomic mass is 35.5. The Bertz CT molecular complexity index is 714. The molecule has 0 aromatic heterocycles. The lowest BCUT2D eigenvalue weighted by Crippen LogP contribution is -2.71. The number of halogens is 2. The molecule has 3 N–H and O–H groups in total. The first kappa shape index (κ1) is 16.4. The van der Waals surface area contributed by atoms with E-state index in [1.54, 1.807) is 0 Å². The van der Waals surface area contributed by atoms with Crippen molar-refractivity contribution in [3.63, 3.8) is 0 Å². The molecule has 2 rings (SSSR count). The van der Waals surface area contributed by atoms with Gasteiger partial charge in [0.05, 0.1) is 24.9 Å². The summed E-state index contributed by atoms with van der Waals surface area (Å²) in [5.74, 6) is -1.08. The summed E-state index contributed by atoms with van der Waals surface area (Å²) in [6.45, 7) is 0. The number of nitrogens with zero attached hydrogens (tertiary/aromatic N) is 2. The van der Waals surface area contributed by atoms with E-state index in [9.17, 15) is 14.0 Å². The molecule has 1 heterocycles. The maximum Gasteiger partial charge on any atom is 0.439 e. The predicted octanol–water partition coefficient (Wildman–Crippen LogP) is 2.07. The largest absolute Gasteiger partial charge is 0.489 e. The van der Waals surface area contributed by atoms with Crippen LogP contribution in [0.25, 0.3) is 0 Å². The van der Waals surface area contributed by atoms with Gasteiger partial charge in [-0.3, -0.25) is 0 Å². The van der Waals surface area contributed by atoms with E-state index in [2.05, 4.69) is 5.32 Å². The summed E-state index contributed by atoms with van der Waals surface area (Å²) in [7, 11) is 3.81. The normalized spacial score (nSPS) is 21.9. The Morgan fingerprint density at radius 2 is 2.09 bits per heavy atom. The molecule has 0 radical (unpaired) electrons. The van der Waals surface area contributed by atoms with Crippen LogP contribution in [0.15, 0.2) is 6.07 Å². The van der Waals surface area contributed by atoms with Crippen molar-refractivity contribution in [2.24, 2.45) is 0 Å². The zero-order valence-electron chi connectivity index (χ0n) is 11.9. The monoisotopic (exact) mass is 347 g/mol. The van der Waals surface area contributed by atoms with E-state index in [-0.39, 0.29) is 27.3 Å². The van der Waals surface area contributed by atoms with Gasteiger partial charge in [-0.25, -0.2) is 24.2 Å². The molecule has 1 aliphatic rings. The van der Waals surface area contributed by atoms with Gasteiger partial charge in [0.2, 0.25) is 11.4 Å². The van der Waals surface area contributed by atoms with Gasteiger partial charge in [-0.05, 0) is 12.2 Å². The summed E-state index contributed by atoms with van der Waals surface area (Å²) in [5.41, 5.74) is 5.35. The van der Waals surface area contributed by atoms with Crippen LogP contribution in [0.2, 0.25) is 5.02 Å². The highest BCUT2D eigenvalue weighted by Crippen LogP contribution is 2.44. The fraction of sp³-hybridized carbons (Fsp3) is 0.250. The number of thiocarbonyl (C=S) groups is 1. The van der Waals surface area contributed by atoms with E-state index in [1.165, 1.54) is 21.2 Å². The van der Waals surface area contributed by atoms with Crippen LogP contribution in [0.4, 0.5) is 25.4 Å². The molecule has 7 nitrogen and oxygen atoms in total. The van der Waals surface area contributed by atoms with Gasteiger partial charge < -0.3 is 10.5 Å². The first-order valence-corrected chi connectivity index (χ1v) is 6.77. The van der Waals surface area contributed by atoms with Gasteiger partial charge in [0.15, 0.2) is 10.9 Å². The Hall–Kier alpha value is -1.97. The number of nitrogens with two attached hydrogens (primary N) is 1. The minimum atomic E-state index is -1.08. The minimum absolute atomic E-state index is 0.0729. The Morgan fingerprint density at radius 1 is 1.50 bits per heavy atom. The molecule has 4 amide bonds. The summed E-state index contributed by atoms with van der Waals surface area (Å²) in [5, 5.41) is 2.17. The van der Waals surface area contributed by atoms with E-state index in [4.69, 9.17) is 34.3 Å². The molecule has 0 aliphatic carbocycles. The van der Waals surface area contributed by atoms with Gasteiger partial charge in [-0.15, -0.1) is 4.48 Å². The highest BCUT2D eigenvalue weighted by molar-refractivity contribution is 7.80. The van der Waals surface area contributed by atoms with Gasteiger partial charge in [0.25, 0.3) is 0 Å². The van der Waals surface area contributed by atoms with Crippen molar-refractivity contribution in [1.82, 2.24) is 14.7 Å². The first-order chi connectivity index (χ1) is 10.2.